The largest absolute Gasteiger partial charge is 0.377 e. The van der Waals surface area contributed by atoms with E-state index in [1.54, 1.807) is 0 Å². The molecule has 3 aliphatic rings. The van der Waals surface area contributed by atoms with Crippen molar-refractivity contribution >= 4 is 0 Å². The van der Waals surface area contributed by atoms with Crippen molar-refractivity contribution in [1.82, 2.24) is 5.32 Å². The molecule has 0 bridgehead atoms. The lowest BCUT2D eigenvalue weighted by Gasteiger charge is -2.61. The zero-order chi connectivity index (χ0) is 12.8. The van der Waals surface area contributed by atoms with Crippen LogP contribution in [0, 0.1) is 17.3 Å². The quantitative estimate of drug-likeness (QED) is 0.830. The van der Waals surface area contributed by atoms with Gasteiger partial charge in [0.15, 0.2) is 0 Å². The average molecular weight is 251 g/mol. The molecule has 0 radical (unpaired) electrons. The van der Waals surface area contributed by atoms with Crippen LogP contribution in [0.5, 0.6) is 0 Å². The molecule has 1 aliphatic heterocycles. The van der Waals surface area contributed by atoms with Gasteiger partial charge >= 0.3 is 0 Å². The summed E-state index contributed by atoms with van der Waals surface area (Å²) in [6, 6.07) is 1.37. The Hall–Kier alpha value is -0.0800. The van der Waals surface area contributed by atoms with Crippen LogP contribution in [0.1, 0.15) is 59.3 Å². The van der Waals surface area contributed by atoms with Crippen LogP contribution in [0.25, 0.3) is 0 Å². The third kappa shape index (κ3) is 2.02. The molecular weight excluding hydrogens is 222 g/mol. The lowest BCUT2D eigenvalue weighted by Crippen LogP contribution is -2.70. The summed E-state index contributed by atoms with van der Waals surface area (Å²) in [6.45, 7) is 8.16. The van der Waals surface area contributed by atoms with Crippen LogP contribution in [0.15, 0.2) is 0 Å². The maximum Gasteiger partial charge on any atom is 0.0684 e. The highest BCUT2D eigenvalue weighted by molar-refractivity contribution is 5.10. The topological polar surface area (TPSA) is 21.3 Å². The zero-order valence-corrected chi connectivity index (χ0v) is 12.2. The van der Waals surface area contributed by atoms with Crippen molar-refractivity contribution in [3.63, 3.8) is 0 Å². The maximum absolute atomic E-state index is 5.99. The molecule has 3 rings (SSSR count). The van der Waals surface area contributed by atoms with Crippen LogP contribution in [0.4, 0.5) is 0 Å². The van der Waals surface area contributed by atoms with E-state index in [9.17, 15) is 0 Å². The van der Waals surface area contributed by atoms with Crippen LogP contribution in [0.3, 0.4) is 0 Å². The van der Waals surface area contributed by atoms with Gasteiger partial charge in [0.2, 0.25) is 0 Å². The summed E-state index contributed by atoms with van der Waals surface area (Å²) >= 11 is 0. The molecule has 18 heavy (non-hydrogen) atoms. The third-order valence-electron chi connectivity index (χ3n) is 5.88. The first kappa shape index (κ1) is 12.9. The number of hydrogen-bond acceptors (Lipinski definition) is 2. The molecule has 0 aromatic heterocycles. The van der Waals surface area contributed by atoms with E-state index < -0.39 is 0 Å². The summed E-state index contributed by atoms with van der Waals surface area (Å²) in [7, 11) is 0. The van der Waals surface area contributed by atoms with Crippen LogP contribution >= 0.6 is 0 Å². The number of fused-ring (bicyclic) bond motifs is 1. The molecule has 1 heterocycles. The van der Waals surface area contributed by atoms with Crippen LogP contribution < -0.4 is 5.32 Å². The molecule has 0 aromatic rings. The van der Waals surface area contributed by atoms with Crippen LogP contribution in [-0.2, 0) is 4.74 Å². The Morgan fingerprint density at radius 1 is 1.11 bits per heavy atom. The van der Waals surface area contributed by atoms with E-state index >= 15 is 0 Å². The molecular formula is C16H29NO. The van der Waals surface area contributed by atoms with Crippen molar-refractivity contribution in [2.24, 2.45) is 17.3 Å². The first-order valence-corrected chi connectivity index (χ1v) is 7.98. The first-order valence-electron chi connectivity index (χ1n) is 7.98. The number of ether oxygens (including phenoxy) is 1. The number of hydrogen-bond donors (Lipinski definition) is 1. The summed E-state index contributed by atoms with van der Waals surface area (Å²) in [5, 5.41) is 3.97. The van der Waals surface area contributed by atoms with Gasteiger partial charge in [-0.25, -0.2) is 0 Å². The minimum Gasteiger partial charge on any atom is -0.377 e. The van der Waals surface area contributed by atoms with E-state index in [0.717, 1.165) is 18.4 Å². The van der Waals surface area contributed by atoms with E-state index in [0.29, 0.717) is 23.6 Å². The van der Waals surface area contributed by atoms with Crippen molar-refractivity contribution in [2.45, 2.75) is 77.5 Å². The molecule has 0 aromatic carbocycles. The molecule has 3 unspecified atom stereocenters. The Balaban J connectivity index is 1.61. The monoisotopic (exact) mass is 251 g/mol. The minimum atomic E-state index is 0.331. The first-order chi connectivity index (χ1) is 8.60. The Bertz CT molecular complexity index is 295. The Morgan fingerprint density at radius 3 is 2.56 bits per heavy atom. The molecule has 1 N–H and O–H groups in total. The summed E-state index contributed by atoms with van der Waals surface area (Å²) in [4.78, 5) is 0. The minimum absolute atomic E-state index is 0.331. The molecule has 2 saturated carbocycles. The van der Waals surface area contributed by atoms with Crippen molar-refractivity contribution in [2.75, 3.05) is 6.61 Å². The predicted octanol–water partition coefficient (Wildman–Crippen LogP) is 3.36. The van der Waals surface area contributed by atoms with E-state index in [-0.39, 0.29) is 0 Å². The normalized spacial score (nSPS) is 41.2. The second-order valence-electron chi connectivity index (χ2n) is 7.40. The smallest absolute Gasteiger partial charge is 0.0684 e. The molecule has 2 aliphatic carbocycles. The zero-order valence-electron chi connectivity index (χ0n) is 12.2. The van der Waals surface area contributed by atoms with Crippen molar-refractivity contribution in [1.29, 1.82) is 0 Å². The Kier molecular flexibility index (Phi) is 3.44. The second-order valence-corrected chi connectivity index (χ2v) is 7.40. The van der Waals surface area contributed by atoms with Crippen LogP contribution in [-0.4, -0.2) is 24.8 Å². The van der Waals surface area contributed by atoms with Gasteiger partial charge in [0, 0.05) is 30.0 Å². The molecule has 4 atom stereocenters. The summed E-state index contributed by atoms with van der Waals surface area (Å²) < 4.78 is 5.99. The average Bonchev–Trinajstić information content (AvgIpc) is 2.89. The van der Waals surface area contributed by atoms with E-state index in [2.05, 4.69) is 26.1 Å². The van der Waals surface area contributed by atoms with Gasteiger partial charge in [-0.05, 0) is 38.5 Å². The number of nitrogens with one attached hydrogen (secondary N) is 1. The van der Waals surface area contributed by atoms with E-state index in [1.807, 2.05) is 0 Å². The Labute approximate surface area is 112 Å². The van der Waals surface area contributed by atoms with Crippen molar-refractivity contribution < 1.29 is 4.74 Å². The molecule has 0 spiro atoms. The van der Waals surface area contributed by atoms with E-state index in [4.69, 9.17) is 4.74 Å². The molecule has 3 fully saturated rings. The number of rotatable bonds is 3. The van der Waals surface area contributed by atoms with Gasteiger partial charge < -0.3 is 10.1 Å². The highest BCUT2D eigenvalue weighted by Gasteiger charge is 2.58. The van der Waals surface area contributed by atoms with Gasteiger partial charge in [0.25, 0.3) is 0 Å². The summed E-state index contributed by atoms with van der Waals surface area (Å²) in [6.07, 6.45) is 8.90. The Morgan fingerprint density at radius 2 is 1.83 bits per heavy atom. The van der Waals surface area contributed by atoms with Gasteiger partial charge in [0.05, 0.1) is 6.10 Å². The predicted molar refractivity (Wildman–Crippen MR) is 74.6 cm³/mol. The van der Waals surface area contributed by atoms with Crippen molar-refractivity contribution in [3.8, 4) is 0 Å². The molecule has 0 amide bonds. The van der Waals surface area contributed by atoms with Gasteiger partial charge in [-0.15, -0.1) is 0 Å². The molecule has 2 nitrogen and oxygen atoms in total. The van der Waals surface area contributed by atoms with Gasteiger partial charge in [-0.1, -0.05) is 26.7 Å². The SMILES string of the molecule is C[C@@H](NC1C2CCCOC2C1(C)C)C1CCCC1. The standard InChI is InChI=1S/C16H29NO/c1-11(12-7-4-5-8-12)17-14-13-9-6-10-18-15(13)16(14,2)3/h11-15,17H,4-10H2,1-3H3/t11-,13?,14?,15?/m1/s1. The van der Waals surface area contributed by atoms with Gasteiger partial charge in [-0.3, -0.25) is 0 Å². The second kappa shape index (κ2) is 4.79. The molecule has 1 saturated heterocycles. The summed E-state index contributed by atoms with van der Waals surface area (Å²) in [5.41, 5.74) is 0.331. The fourth-order valence-corrected chi connectivity index (χ4v) is 4.74. The van der Waals surface area contributed by atoms with Crippen molar-refractivity contribution in [3.05, 3.63) is 0 Å². The van der Waals surface area contributed by atoms with E-state index in [1.165, 1.54) is 38.5 Å². The molecule has 2 heteroatoms. The lowest BCUT2D eigenvalue weighted by atomic mass is 9.55. The summed E-state index contributed by atoms with van der Waals surface area (Å²) in [5.74, 6) is 1.70. The fourth-order valence-electron chi connectivity index (χ4n) is 4.74. The highest BCUT2D eigenvalue weighted by Crippen LogP contribution is 2.51. The van der Waals surface area contributed by atoms with Gasteiger partial charge in [-0.2, -0.15) is 0 Å². The van der Waals surface area contributed by atoms with Crippen LogP contribution in [0.2, 0.25) is 0 Å². The maximum atomic E-state index is 5.99. The molecule has 104 valence electrons. The highest BCUT2D eigenvalue weighted by atomic mass is 16.5. The lowest BCUT2D eigenvalue weighted by molar-refractivity contribution is -0.195. The van der Waals surface area contributed by atoms with Gasteiger partial charge in [0.1, 0.15) is 0 Å². The fraction of sp³-hybridized carbons (Fsp3) is 1.00. The third-order valence-corrected chi connectivity index (χ3v) is 5.88.